The number of nitrogens with one attached hydrogen (secondary N) is 1. The van der Waals surface area contributed by atoms with Crippen molar-refractivity contribution in [1.82, 2.24) is 4.31 Å². The average Bonchev–Trinajstić information content (AvgIpc) is 2.64. The molecule has 0 aromatic heterocycles. The second-order valence-electron chi connectivity index (χ2n) is 5.56. The highest BCUT2D eigenvalue weighted by atomic mass is 32.2. The van der Waals surface area contributed by atoms with Crippen LogP contribution in [0.1, 0.15) is 10.4 Å². The van der Waals surface area contributed by atoms with Gasteiger partial charge in [0.1, 0.15) is 0 Å². The second kappa shape index (κ2) is 8.51. The summed E-state index contributed by atoms with van der Waals surface area (Å²) in [4.78, 5) is 12.1. The number of halogens is 3. The molecular formula is C17H17F3N2O4S. The van der Waals surface area contributed by atoms with Crippen LogP contribution in [0.2, 0.25) is 0 Å². The van der Waals surface area contributed by atoms with Crippen LogP contribution in [0, 0.1) is 17.5 Å². The van der Waals surface area contributed by atoms with Crippen molar-refractivity contribution in [3.63, 3.8) is 0 Å². The smallest absolute Gasteiger partial charge is 0.255 e. The summed E-state index contributed by atoms with van der Waals surface area (Å²) < 4.78 is 70.4. The SMILES string of the molecule is COCCN(C)S(=O)(=O)c1cccc(C(=O)Nc2cc(F)c(F)c(F)c2)c1. The molecule has 0 heterocycles. The lowest BCUT2D eigenvalue weighted by Crippen LogP contribution is -2.30. The third-order valence-electron chi connectivity index (χ3n) is 3.66. The Bertz CT molecular complexity index is 928. The molecular weight excluding hydrogens is 385 g/mol. The molecule has 146 valence electrons. The van der Waals surface area contributed by atoms with Gasteiger partial charge >= 0.3 is 0 Å². The maximum atomic E-state index is 13.2. The molecule has 0 atom stereocenters. The Kier molecular flexibility index (Phi) is 6.58. The molecule has 2 rings (SSSR count). The van der Waals surface area contributed by atoms with Crippen LogP contribution in [0.3, 0.4) is 0 Å². The molecule has 27 heavy (non-hydrogen) atoms. The highest BCUT2D eigenvalue weighted by Crippen LogP contribution is 2.20. The van der Waals surface area contributed by atoms with Gasteiger partial charge in [-0.25, -0.2) is 21.6 Å². The van der Waals surface area contributed by atoms with E-state index in [-0.39, 0.29) is 29.3 Å². The van der Waals surface area contributed by atoms with E-state index < -0.39 is 33.4 Å². The topological polar surface area (TPSA) is 75.7 Å². The first kappa shape index (κ1) is 20.9. The van der Waals surface area contributed by atoms with Crippen LogP contribution < -0.4 is 5.32 Å². The number of rotatable bonds is 7. The molecule has 0 saturated heterocycles. The molecule has 0 aliphatic heterocycles. The maximum Gasteiger partial charge on any atom is 0.255 e. The van der Waals surface area contributed by atoms with Gasteiger partial charge in [0.25, 0.3) is 5.91 Å². The Hall–Kier alpha value is -2.43. The van der Waals surface area contributed by atoms with Gasteiger partial charge in [-0.05, 0) is 18.2 Å². The first-order valence-electron chi connectivity index (χ1n) is 7.68. The monoisotopic (exact) mass is 402 g/mol. The van der Waals surface area contributed by atoms with Crippen LogP contribution in [0.4, 0.5) is 18.9 Å². The number of amides is 1. The minimum absolute atomic E-state index is 0.0543. The summed E-state index contributed by atoms with van der Waals surface area (Å²) in [6.07, 6.45) is 0. The van der Waals surface area contributed by atoms with Crippen molar-refractivity contribution >= 4 is 21.6 Å². The van der Waals surface area contributed by atoms with Gasteiger partial charge < -0.3 is 10.1 Å². The zero-order valence-corrected chi connectivity index (χ0v) is 15.3. The number of benzene rings is 2. The van der Waals surface area contributed by atoms with Crippen LogP contribution in [0.5, 0.6) is 0 Å². The third-order valence-corrected chi connectivity index (χ3v) is 5.51. The highest BCUT2D eigenvalue weighted by molar-refractivity contribution is 7.89. The molecule has 0 fully saturated rings. The summed E-state index contributed by atoms with van der Waals surface area (Å²) in [5.41, 5.74) is -0.358. The van der Waals surface area contributed by atoms with E-state index in [9.17, 15) is 26.4 Å². The maximum absolute atomic E-state index is 13.2. The van der Waals surface area contributed by atoms with Gasteiger partial charge in [0, 0.05) is 44.1 Å². The summed E-state index contributed by atoms with van der Waals surface area (Å²) >= 11 is 0. The van der Waals surface area contributed by atoms with Crippen molar-refractivity contribution in [2.75, 3.05) is 32.6 Å². The standard InChI is InChI=1S/C17H17F3N2O4S/c1-22(6-7-26-2)27(24,25)13-5-3-4-11(8-13)17(23)21-12-9-14(18)16(20)15(19)10-12/h3-5,8-10H,6-7H2,1-2H3,(H,21,23). The van der Waals surface area contributed by atoms with E-state index in [1.165, 1.54) is 32.4 Å². The van der Waals surface area contributed by atoms with E-state index in [0.29, 0.717) is 12.1 Å². The molecule has 1 amide bonds. The predicted molar refractivity (Wildman–Crippen MR) is 92.4 cm³/mol. The first-order valence-corrected chi connectivity index (χ1v) is 9.12. The highest BCUT2D eigenvalue weighted by Gasteiger charge is 2.22. The van der Waals surface area contributed by atoms with Crippen molar-refractivity contribution < 1.29 is 31.1 Å². The van der Waals surface area contributed by atoms with Gasteiger partial charge in [-0.2, -0.15) is 4.31 Å². The van der Waals surface area contributed by atoms with E-state index in [1.807, 2.05) is 0 Å². The van der Waals surface area contributed by atoms with E-state index in [2.05, 4.69) is 5.32 Å². The van der Waals surface area contributed by atoms with Crippen molar-refractivity contribution in [3.05, 3.63) is 59.4 Å². The molecule has 0 aliphatic carbocycles. The van der Waals surface area contributed by atoms with Crippen molar-refractivity contribution in [2.45, 2.75) is 4.90 Å². The van der Waals surface area contributed by atoms with Gasteiger partial charge in [0.05, 0.1) is 11.5 Å². The lowest BCUT2D eigenvalue weighted by atomic mass is 10.2. The van der Waals surface area contributed by atoms with E-state index in [1.54, 1.807) is 0 Å². The molecule has 0 bridgehead atoms. The molecule has 2 aromatic rings. The van der Waals surface area contributed by atoms with Crippen LogP contribution in [-0.4, -0.2) is 45.9 Å². The van der Waals surface area contributed by atoms with Gasteiger partial charge in [0.2, 0.25) is 10.0 Å². The number of carbonyl (C=O) groups excluding carboxylic acids is 1. The van der Waals surface area contributed by atoms with Gasteiger partial charge in [-0.1, -0.05) is 6.07 Å². The molecule has 0 saturated carbocycles. The summed E-state index contributed by atoms with van der Waals surface area (Å²) in [6, 6.07) is 6.37. The lowest BCUT2D eigenvalue weighted by Gasteiger charge is -2.17. The minimum Gasteiger partial charge on any atom is -0.383 e. The number of carbonyl (C=O) groups is 1. The Balaban J connectivity index is 2.25. The lowest BCUT2D eigenvalue weighted by molar-refractivity contribution is 0.102. The van der Waals surface area contributed by atoms with Crippen molar-refractivity contribution in [2.24, 2.45) is 0 Å². The largest absolute Gasteiger partial charge is 0.383 e. The summed E-state index contributed by atoms with van der Waals surface area (Å²) in [5.74, 6) is -5.38. The van der Waals surface area contributed by atoms with Crippen LogP contribution in [0.15, 0.2) is 41.3 Å². The molecule has 0 spiro atoms. The fraction of sp³-hybridized carbons (Fsp3) is 0.235. The molecule has 1 N–H and O–H groups in total. The fourth-order valence-corrected chi connectivity index (χ4v) is 3.35. The number of hydrogen-bond acceptors (Lipinski definition) is 4. The minimum atomic E-state index is -3.86. The number of sulfonamides is 1. The van der Waals surface area contributed by atoms with Crippen molar-refractivity contribution in [3.8, 4) is 0 Å². The quantitative estimate of drug-likeness (QED) is 0.723. The number of anilines is 1. The Morgan fingerprint density at radius 1 is 1.15 bits per heavy atom. The molecule has 0 unspecified atom stereocenters. The molecule has 10 heteroatoms. The number of methoxy groups -OCH3 is 1. The Morgan fingerprint density at radius 2 is 1.78 bits per heavy atom. The molecule has 6 nitrogen and oxygen atoms in total. The predicted octanol–water partition coefficient (Wildman–Crippen LogP) is 2.62. The average molecular weight is 402 g/mol. The van der Waals surface area contributed by atoms with Crippen LogP contribution in [0.25, 0.3) is 0 Å². The van der Waals surface area contributed by atoms with Crippen LogP contribution >= 0.6 is 0 Å². The van der Waals surface area contributed by atoms with E-state index in [4.69, 9.17) is 4.74 Å². The normalized spacial score (nSPS) is 11.6. The van der Waals surface area contributed by atoms with E-state index in [0.717, 1.165) is 10.4 Å². The van der Waals surface area contributed by atoms with Gasteiger partial charge in [0.15, 0.2) is 17.5 Å². The third kappa shape index (κ3) is 4.85. The summed E-state index contributed by atoms with van der Waals surface area (Å²) in [7, 11) is -1.05. The number of ether oxygens (including phenoxy) is 1. The van der Waals surface area contributed by atoms with Crippen molar-refractivity contribution in [1.29, 1.82) is 0 Å². The number of likely N-dealkylation sites (N-methyl/N-ethyl adjacent to an activating group) is 1. The Morgan fingerprint density at radius 3 is 2.37 bits per heavy atom. The summed E-state index contributed by atoms with van der Waals surface area (Å²) in [6.45, 7) is 0.307. The first-order chi connectivity index (χ1) is 12.7. The Labute approximate surface area is 154 Å². The second-order valence-corrected chi connectivity index (χ2v) is 7.60. The van der Waals surface area contributed by atoms with Gasteiger partial charge in [-0.3, -0.25) is 4.79 Å². The molecule has 0 aliphatic rings. The fourth-order valence-electron chi connectivity index (χ4n) is 2.15. The molecule has 2 aromatic carbocycles. The summed E-state index contributed by atoms with van der Waals surface area (Å²) in [5, 5.41) is 2.20. The number of hydrogen-bond donors (Lipinski definition) is 1. The van der Waals surface area contributed by atoms with E-state index >= 15 is 0 Å². The zero-order chi connectivity index (χ0) is 20.2. The zero-order valence-electron chi connectivity index (χ0n) is 14.5. The number of nitrogens with zero attached hydrogens (tertiary/aromatic N) is 1. The van der Waals surface area contributed by atoms with Gasteiger partial charge in [-0.15, -0.1) is 0 Å². The molecule has 0 radical (unpaired) electrons. The van der Waals surface area contributed by atoms with Crippen LogP contribution in [-0.2, 0) is 14.8 Å².